The fourth-order valence-electron chi connectivity index (χ4n) is 3.43. The molecule has 0 saturated carbocycles. The predicted molar refractivity (Wildman–Crippen MR) is 117 cm³/mol. The minimum absolute atomic E-state index is 0.0849. The van der Waals surface area contributed by atoms with Crippen molar-refractivity contribution in [3.05, 3.63) is 35.0 Å². The van der Waals surface area contributed by atoms with Gasteiger partial charge < -0.3 is 14.2 Å². The average Bonchev–Trinajstić information content (AvgIpc) is 2.99. The van der Waals surface area contributed by atoms with Gasteiger partial charge in [-0.1, -0.05) is 31.7 Å². The van der Waals surface area contributed by atoms with E-state index in [1.54, 1.807) is 25.0 Å². The van der Waals surface area contributed by atoms with Gasteiger partial charge in [0.2, 0.25) is 5.91 Å². The molecule has 30 heavy (non-hydrogen) atoms. The normalized spacial score (nSPS) is 21.0. The van der Waals surface area contributed by atoms with Gasteiger partial charge in [0.15, 0.2) is 16.7 Å². The first-order valence-corrected chi connectivity index (χ1v) is 10.9. The molecule has 1 aromatic carbocycles. The molecule has 0 N–H and O–H groups in total. The number of carbonyl (C=O) groups is 2. The summed E-state index contributed by atoms with van der Waals surface area (Å²) in [5, 5.41) is 0.331. The minimum atomic E-state index is -0.633. The smallest absolute Gasteiger partial charge is 0.338 e. The zero-order valence-electron chi connectivity index (χ0n) is 18.2. The van der Waals surface area contributed by atoms with E-state index in [1.165, 1.54) is 11.8 Å². The van der Waals surface area contributed by atoms with Gasteiger partial charge in [0, 0.05) is 0 Å². The van der Waals surface area contributed by atoms with Gasteiger partial charge in [0.25, 0.3) is 0 Å². The number of esters is 1. The molecular formula is C22H28N2O5S. The van der Waals surface area contributed by atoms with Crippen LogP contribution in [0.2, 0.25) is 0 Å². The number of allylic oxidation sites excluding steroid dienone is 1. The number of ether oxygens (including phenoxy) is 3. The molecule has 0 bridgehead atoms. The first kappa shape index (κ1) is 22.2. The molecule has 8 heteroatoms. The van der Waals surface area contributed by atoms with Gasteiger partial charge in [-0.05, 0) is 44.4 Å². The number of aliphatic imine (C=N–C) groups is 1. The van der Waals surface area contributed by atoms with Crippen molar-refractivity contribution in [1.29, 1.82) is 0 Å². The highest BCUT2D eigenvalue weighted by Crippen LogP contribution is 2.44. The predicted octanol–water partition coefficient (Wildman–Crippen LogP) is 3.94. The number of hydrogen-bond acceptors (Lipinski definition) is 7. The van der Waals surface area contributed by atoms with Crippen LogP contribution in [-0.2, 0) is 14.3 Å². The topological polar surface area (TPSA) is 77.4 Å². The number of carbonyl (C=O) groups excluding carboxylic acids is 2. The molecule has 162 valence electrons. The molecule has 3 rings (SSSR count). The summed E-state index contributed by atoms with van der Waals surface area (Å²) < 4.78 is 16.6. The van der Waals surface area contributed by atoms with E-state index in [2.05, 4.69) is 4.99 Å². The van der Waals surface area contributed by atoms with Crippen molar-refractivity contribution in [2.45, 2.75) is 45.9 Å². The highest BCUT2D eigenvalue weighted by molar-refractivity contribution is 8.15. The maximum Gasteiger partial charge on any atom is 0.338 e. The van der Waals surface area contributed by atoms with Crippen LogP contribution in [0.25, 0.3) is 0 Å². The van der Waals surface area contributed by atoms with Crippen LogP contribution in [0, 0.1) is 5.92 Å². The van der Waals surface area contributed by atoms with Crippen LogP contribution in [0.3, 0.4) is 0 Å². The second-order valence-corrected chi connectivity index (χ2v) is 8.91. The molecule has 0 aromatic heterocycles. The van der Waals surface area contributed by atoms with Crippen molar-refractivity contribution >= 4 is 28.8 Å². The molecule has 2 aliphatic heterocycles. The molecular weight excluding hydrogens is 404 g/mol. The summed E-state index contributed by atoms with van der Waals surface area (Å²) in [7, 11) is 1.56. The zero-order chi connectivity index (χ0) is 22.0. The SMILES string of the molecule is CCOc1ccc([C@@H]2C(C(=O)OCC(C)C)=C(C)N=C3S[C@H](C)C(=O)N32)cc1OC. The number of amides is 1. The van der Waals surface area contributed by atoms with Gasteiger partial charge in [0.05, 0.1) is 42.9 Å². The van der Waals surface area contributed by atoms with Gasteiger partial charge in [-0.15, -0.1) is 0 Å². The van der Waals surface area contributed by atoms with Crippen molar-refractivity contribution in [1.82, 2.24) is 4.90 Å². The van der Waals surface area contributed by atoms with Crippen molar-refractivity contribution in [3.63, 3.8) is 0 Å². The zero-order valence-corrected chi connectivity index (χ0v) is 19.0. The second-order valence-electron chi connectivity index (χ2n) is 7.60. The number of methoxy groups -OCH3 is 1. The number of rotatable bonds is 7. The van der Waals surface area contributed by atoms with E-state index in [4.69, 9.17) is 14.2 Å². The first-order valence-electron chi connectivity index (χ1n) is 10.1. The largest absolute Gasteiger partial charge is 0.493 e. The van der Waals surface area contributed by atoms with Gasteiger partial charge >= 0.3 is 5.97 Å². The van der Waals surface area contributed by atoms with Crippen LogP contribution < -0.4 is 9.47 Å². The Morgan fingerprint density at radius 2 is 2.03 bits per heavy atom. The van der Waals surface area contributed by atoms with Gasteiger partial charge in [-0.3, -0.25) is 9.69 Å². The van der Waals surface area contributed by atoms with E-state index in [9.17, 15) is 9.59 Å². The molecule has 1 saturated heterocycles. The standard InChI is InChI=1S/C22H28N2O5S/c1-7-28-16-9-8-15(10-17(16)27-6)19-18(21(26)29-11-12(2)3)13(4)23-22-24(19)20(25)14(5)30-22/h8-10,12,14,19H,7,11H2,1-6H3/t14-,19-/m1/s1. The molecule has 1 amide bonds. The van der Waals surface area contributed by atoms with E-state index >= 15 is 0 Å². The Bertz CT molecular complexity index is 909. The molecule has 2 aliphatic rings. The van der Waals surface area contributed by atoms with E-state index < -0.39 is 12.0 Å². The summed E-state index contributed by atoms with van der Waals surface area (Å²) in [6, 6.07) is 4.83. The van der Waals surface area contributed by atoms with E-state index in [-0.39, 0.29) is 17.1 Å². The molecule has 2 heterocycles. The third-order valence-electron chi connectivity index (χ3n) is 4.83. The number of thioether (sulfide) groups is 1. The van der Waals surface area contributed by atoms with Crippen LogP contribution in [0.15, 0.2) is 34.5 Å². The van der Waals surface area contributed by atoms with Crippen molar-refractivity contribution in [3.8, 4) is 11.5 Å². The van der Waals surface area contributed by atoms with E-state index in [0.29, 0.717) is 41.2 Å². The molecule has 1 fully saturated rings. The lowest BCUT2D eigenvalue weighted by Gasteiger charge is -2.33. The number of amidine groups is 1. The van der Waals surface area contributed by atoms with Crippen LogP contribution >= 0.6 is 11.8 Å². The monoisotopic (exact) mass is 432 g/mol. The fraction of sp³-hybridized carbons (Fsp3) is 0.500. The molecule has 0 spiro atoms. The first-order chi connectivity index (χ1) is 14.3. The summed E-state index contributed by atoms with van der Waals surface area (Å²) in [6.07, 6.45) is 0. The van der Waals surface area contributed by atoms with E-state index in [0.717, 1.165) is 5.56 Å². The summed E-state index contributed by atoms with van der Waals surface area (Å²) in [5.41, 5.74) is 1.66. The molecule has 7 nitrogen and oxygen atoms in total. The van der Waals surface area contributed by atoms with Crippen LogP contribution in [0.1, 0.15) is 46.2 Å². The molecule has 2 atom stereocenters. The third kappa shape index (κ3) is 4.19. The number of fused-ring (bicyclic) bond motifs is 1. The number of nitrogens with zero attached hydrogens (tertiary/aromatic N) is 2. The van der Waals surface area contributed by atoms with Gasteiger partial charge in [-0.2, -0.15) is 0 Å². The van der Waals surface area contributed by atoms with Crippen LogP contribution in [0.4, 0.5) is 0 Å². The van der Waals surface area contributed by atoms with Crippen LogP contribution in [0.5, 0.6) is 11.5 Å². The van der Waals surface area contributed by atoms with Crippen molar-refractivity contribution < 1.29 is 23.8 Å². The Labute approximate surface area is 181 Å². The minimum Gasteiger partial charge on any atom is -0.493 e. The number of hydrogen-bond donors (Lipinski definition) is 0. The van der Waals surface area contributed by atoms with Gasteiger partial charge in [0.1, 0.15) is 0 Å². The Hall–Kier alpha value is -2.48. The Morgan fingerprint density at radius 3 is 2.67 bits per heavy atom. The number of benzene rings is 1. The van der Waals surface area contributed by atoms with Crippen molar-refractivity contribution in [2.75, 3.05) is 20.3 Å². The quantitative estimate of drug-likeness (QED) is 0.608. The molecule has 0 radical (unpaired) electrons. The second kappa shape index (κ2) is 9.12. The lowest BCUT2D eigenvalue weighted by Crippen LogP contribution is -2.40. The van der Waals surface area contributed by atoms with Gasteiger partial charge in [-0.25, -0.2) is 9.79 Å². The fourth-order valence-corrected chi connectivity index (χ4v) is 4.46. The van der Waals surface area contributed by atoms with E-state index in [1.807, 2.05) is 39.8 Å². The average molecular weight is 433 g/mol. The summed E-state index contributed by atoms with van der Waals surface area (Å²) in [4.78, 5) is 32.2. The lowest BCUT2D eigenvalue weighted by molar-refractivity contribution is -0.141. The Kier molecular flexibility index (Phi) is 6.75. The summed E-state index contributed by atoms with van der Waals surface area (Å²) >= 11 is 1.40. The Balaban J connectivity index is 2.10. The van der Waals surface area contributed by atoms with Crippen LogP contribution in [-0.4, -0.2) is 47.5 Å². The maximum absolute atomic E-state index is 13.0. The summed E-state index contributed by atoms with van der Waals surface area (Å²) in [5.74, 6) is 0.801. The lowest BCUT2D eigenvalue weighted by atomic mass is 9.94. The summed E-state index contributed by atoms with van der Waals surface area (Å²) in [6.45, 7) is 10.3. The van der Waals surface area contributed by atoms with Crippen molar-refractivity contribution in [2.24, 2.45) is 10.9 Å². The third-order valence-corrected chi connectivity index (χ3v) is 5.88. The molecule has 1 aromatic rings. The Morgan fingerprint density at radius 1 is 1.30 bits per heavy atom. The highest BCUT2D eigenvalue weighted by atomic mass is 32.2. The molecule has 0 aliphatic carbocycles. The molecule has 0 unspecified atom stereocenters. The highest BCUT2D eigenvalue weighted by Gasteiger charge is 2.46. The maximum atomic E-state index is 13.0.